The van der Waals surface area contributed by atoms with Crippen LogP contribution in [-0.2, 0) is 6.42 Å². The van der Waals surface area contributed by atoms with Crippen LogP contribution in [0.15, 0.2) is 4.52 Å². The smallest absolute Gasteiger partial charge is 0.228 e. The van der Waals surface area contributed by atoms with Crippen LogP contribution in [-0.4, -0.2) is 16.2 Å². The predicted molar refractivity (Wildman–Crippen MR) is 69.1 cm³/mol. The van der Waals surface area contributed by atoms with E-state index in [0.29, 0.717) is 11.8 Å². The normalized spacial score (nSPS) is 29.7. The zero-order valence-electron chi connectivity index (χ0n) is 11.1. The van der Waals surface area contributed by atoms with Crippen molar-refractivity contribution < 1.29 is 4.52 Å². The standard InChI is InChI=1S/C14H23N3O/c1-2-9-3-4-11(7-9)14-16-13(18-17-14)8-12(15)10-5-6-10/h9-12H,2-8,15H2,1H3. The second-order valence-electron chi connectivity index (χ2n) is 6.04. The molecule has 3 atom stereocenters. The van der Waals surface area contributed by atoms with Gasteiger partial charge in [0.1, 0.15) is 0 Å². The SMILES string of the molecule is CCC1CCC(c2noc(CC(N)C3CC3)n2)C1. The molecule has 2 fully saturated rings. The Morgan fingerprint density at radius 3 is 2.83 bits per heavy atom. The maximum atomic E-state index is 6.09. The average molecular weight is 249 g/mol. The molecule has 0 spiro atoms. The summed E-state index contributed by atoms with van der Waals surface area (Å²) >= 11 is 0. The van der Waals surface area contributed by atoms with E-state index in [1.807, 2.05) is 0 Å². The van der Waals surface area contributed by atoms with E-state index < -0.39 is 0 Å². The van der Waals surface area contributed by atoms with Crippen LogP contribution in [0.1, 0.15) is 63.1 Å². The second kappa shape index (κ2) is 5.00. The molecule has 4 heteroatoms. The molecule has 0 aliphatic heterocycles. The Hall–Kier alpha value is -0.900. The topological polar surface area (TPSA) is 64.9 Å². The Morgan fingerprint density at radius 2 is 2.17 bits per heavy atom. The molecule has 2 saturated carbocycles. The van der Waals surface area contributed by atoms with Gasteiger partial charge in [-0.15, -0.1) is 0 Å². The molecule has 2 aliphatic carbocycles. The van der Waals surface area contributed by atoms with Crippen molar-refractivity contribution in [3.8, 4) is 0 Å². The van der Waals surface area contributed by atoms with Gasteiger partial charge in [-0.25, -0.2) is 0 Å². The van der Waals surface area contributed by atoms with E-state index in [0.717, 1.165) is 24.1 Å². The van der Waals surface area contributed by atoms with Gasteiger partial charge >= 0.3 is 0 Å². The van der Waals surface area contributed by atoms with Crippen molar-refractivity contribution >= 4 is 0 Å². The minimum atomic E-state index is 0.213. The first kappa shape index (κ1) is 12.2. The summed E-state index contributed by atoms with van der Waals surface area (Å²) in [5, 5.41) is 4.16. The largest absolute Gasteiger partial charge is 0.339 e. The van der Waals surface area contributed by atoms with Crippen molar-refractivity contribution in [3.63, 3.8) is 0 Å². The summed E-state index contributed by atoms with van der Waals surface area (Å²) in [7, 11) is 0. The molecular weight excluding hydrogens is 226 g/mol. The zero-order valence-corrected chi connectivity index (χ0v) is 11.1. The molecule has 0 amide bonds. The highest BCUT2D eigenvalue weighted by atomic mass is 16.5. The minimum Gasteiger partial charge on any atom is -0.339 e. The first-order valence-corrected chi connectivity index (χ1v) is 7.34. The highest BCUT2D eigenvalue weighted by Crippen LogP contribution is 2.38. The van der Waals surface area contributed by atoms with Crippen LogP contribution >= 0.6 is 0 Å². The molecule has 2 N–H and O–H groups in total. The van der Waals surface area contributed by atoms with E-state index in [4.69, 9.17) is 10.3 Å². The van der Waals surface area contributed by atoms with Gasteiger partial charge in [0.25, 0.3) is 0 Å². The van der Waals surface area contributed by atoms with Gasteiger partial charge in [0.15, 0.2) is 5.82 Å². The van der Waals surface area contributed by atoms with Crippen LogP contribution in [0.5, 0.6) is 0 Å². The van der Waals surface area contributed by atoms with Crippen LogP contribution < -0.4 is 5.73 Å². The summed E-state index contributed by atoms with van der Waals surface area (Å²) in [5.41, 5.74) is 6.09. The van der Waals surface area contributed by atoms with Crippen molar-refractivity contribution in [1.82, 2.24) is 10.1 Å². The molecule has 100 valence electrons. The van der Waals surface area contributed by atoms with E-state index in [9.17, 15) is 0 Å². The number of nitrogens with zero attached hydrogens (tertiary/aromatic N) is 2. The number of hydrogen-bond acceptors (Lipinski definition) is 4. The molecule has 0 bridgehead atoms. The first-order chi connectivity index (χ1) is 8.76. The second-order valence-corrected chi connectivity index (χ2v) is 6.04. The van der Waals surface area contributed by atoms with E-state index in [1.165, 1.54) is 38.5 Å². The van der Waals surface area contributed by atoms with Crippen LogP contribution in [0.2, 0.25) is 0 Å². The first-order valence-electron chi connectivity index (χ1n) is 7.34. The van der Waals surface area contributed by atoms with Gasteiger partial charge in [0.05, 0.1) is 0 Å². The lowest BCUT2D eigenvalue weighted by molar-refractivity contribution is 0.356. The third-order valence-electron chi connectivity index (χ3n) is 4.61. The minimum absolute atomic E-state index is 0.213. The van der Waals surface area contributed by atoms with Crippen molar-refractivity contribution in [2.24, 2.45) is 17.6 Å². The fourth-order valence-corrected chi connectivity index (χ4v) is 3.09. The predicted octanol–water partition coefficient (Wildman–Crippen LogP) is 2.64. The summed E-state index contributed by atoms with van der Waals surface area (Å²) < 4.78 is 5.35. The van der Waals surface area contributed by atoms with E-state index >= 15 is 0 Å². The number of hydrogen-bond donors (Lipinski definition) is 1. The molecule has 18 heavy (non-hydrogen) atoms. The lowest BCUT2D eigenvalue weighted by atomic mass is 10.0. The number of nitrogens with two attached hydrogens (primary N) is 1. The van der Waals surface area contributed by atoms with Gasteiger partial charge in [-0.1, -0.05) is 18.5 Å². The molecule has 0 saturated heterocycles. The van der Waals surface area contributed by atoms with Crippen LogP contribution in [0.4, 0.5) is 0 Å². The van der Waals surface area contributed by atoms with Crippen molar-refractivity contribution in [3.05, 3.63) is 11.7 Å². The molecule has 1 aromatic heterocycles. The highest BCUT2D eigenvalue weighted by Gasteiger charge is 2.31. The van der Waals surface area contributed by atoms with Gasteiger partial charge in [0.2, 0.25) is 5.89 Å². The van der Waals surface area contributed by atoms with Crippen molar-refractivity contribution in [2.75, 3.05) is 0 Å². The summed E-state index contributed by atoms with van der Waals surface area (Å²) in [4.78, 5) is 4.55. The molecule has 0 aromatic carbocycles. The monoisotopic (exact) mass is 249 g/mol. The third-order valence-corrected chi connectivity index (χ3v) is 4.61. The lowest BCUT2D eigenvalue weighted by Gasteiger charge is -2.05. The van der Waals surface area contributed by atoms with Crippen LogP contribution in [0.25, 0.3) is 0 Å². The molecule has 1 aromatic rings. The summed E-state index contributed by atoms with van der Waals surface area (Å²) in [6, 6.07) is 0.213. The number of aromatic nitrogens is 2. The Bertz CT molecular complexity index is 399. The summed E-state index contributed by atoms with van der Waals surface area (Å²) in [6.45, 7) is 2.27. The molecule has 2 aliphatic rings. The Kier molecular flexibility index (Phi) is 3.37. The zero-order chi connectivity index (χ0) is 12.5. The quantitative estimate of drug-likeness (QED) is 0.871. The summed E-state index contributed by atoms with van der Waals surface area (Å²) in [5.74, 6) is 3.72. The molecule has 3 rings (SSSR count). The number of rotatable bonds is 5. The highest BCUT2D eigenvalue weighted by molar-refractivity contribution is 5.01. The van der Waals surface area contributed by atoms with Gasteiger partial charge < -0.3 is 10.3 Å². The van der Waals surface area contributed by atoms with E-state index in [1.54, 1.807) is 0 Å². The third kappa shape index (κ3) is 2.58. The molecule has 4 nitrogen and oxygen atoms in total. The molecular formula is C14H23N3O. The Labute approximate surface area is 108 Å². The molecule has 1 heterocycles. The molecule has 0 radical (unpaired) electrons. The van der Waals surface area contributed by atoms with Gasteiger partial charge in [-0.05, 0) is 43.9 Å². The Morgan fingerprint density at radius 1 is 1.33 bits per heavy atom. The van der Waals surface area contributed by atoms with Crippen LogP contribution in [0.3, 0.4) is 0 Å². The lowest BCUT2D eigenvalue weighted by Crippen LogP contribution is -2.25. The van der Waals surface area contributed by atoms with Crippen molar-refractivity contribution in [1.29, 1.82) is 0 Å². The van der Waals surface area contributed by atoms with Gasteiger partial charge in [-0.3, -0.25) is 0 Å². The maximum absolute atomic E-state index is 6.09. The van der Waals surface area contributed by atoms with E-state index in [2.05, 4.69) is 17.1 Å². The molecule has 3 unspecified atom stereocenters. The average Bonchev–Trinajstić information content (AvgIpc) is 2.95. The fourth-order valence-electron chi connectivity index (χ4n) is 3.09. The Balaban J connectivity index is 1.59. The van der Waals surface area contributed by atoms with Gasteiger partial charge in [0, 0.05) is 18.4 Å². The fraction of sp³-hybridized carbons (Fsp3) is 0.857. The van der Waals surface area contributed by atoms with Crippen molar-refractivity contribution in [2.45, 2.75) is 63.8 Å². The van der Waals surface area contributed by atoms with Gasteiger partial charge in [-0.2, -0.15) is 4.98 Å². The summed E-state index contributed by atoms with van der Waals surface area (Å²) in [6.07, 6.45) is 8.31. The maximum Gasteiger partial charge on any atom is 0.228 e. The van der Waals surface area contributed by atoms with E-state index in [-0.39, 0.29) is 6.04 Å². The van der Waals surface area contributed by atoms with Crippen LogP contribution in [0, 0.1) is 11.8 Å².